The van der Waals surface area contributed by atoms with E-state index in [0.29, 0.717) is 23.1 Å². The number of nitriles is 1. The Bertz CT molecular complexity index is 1240. The van der Waals surface area contributed by atoms with E-state index in [2.05, 4.69) is 16.4 Å². The summed E-state index contributed by atoms with van der Waals surface area (Å²) in [5.74, 6) is 0. The van der Waals surface area contributed by atoms with Crippen molar-refractivity contribution in [2.24, 2.45) is 0 Å². The van der Waals surface area contributed by atoms with Gasteiger partial charge in [-0.15, -0.1) is 0 Å². The highest BCUT2D eigenvalue weighted by Crippen LogP contribution is 2.38. The Morgan fingerprint density at radius 2 is 1.70 bits per heavy atom. The zero-order valence-corrected chi connectivity index (χ0v) is 15.7. The van der Waals surface area contributed by atoms with Crippen molar-refractivity contribution < 1.29 is 13.2 Å². The number of nitrogens with one attached hydrogen (secondary N) is 1. The first kappa shape index (κ1) is 19.5. The quantitative estimate of drug-likeness (QED) is 0.429. The average Bonchev–Trinajstić information content (AvgIpc) is 2.76. The summed E-state index contributed by atoms with van der Waals surface area (Å²) in [6.45, 7) is 0.602. The molecule has 1 aromatic heterocycles. The van der Waals surface area contributed by atoms with E-state index in [0.717, 1.165) is 17.3 Å². The lowest BCUT2D eigenvalue weighted by Gasteiger charge is -2.14. The van der Waals surface area contributed by atoms with Crippen LogP contribution in [0.2, 0.25) is 0 Å². The molecule has 4 aromatic rings. The number of aromatic nitrogens is 1. The summed E-state index contributed by atoms with van der Waals surface area (Å²) in [4.78, 5) is 3.94. The summed E-state index contributed by atoms with van der Waals surface area (Å²) in [5, 5.41) is 13.2. The van der Waals surface area contributed by atoms with Crippen molar-refractivity contribution in [3.8, 4) is 17.2 Å². The molecule has 0 saturated heterocycles. The van der Waals surface area contributed by atoms with Crippen LogP contribution in [0.5, 0.6) is 0 Å². The van der Waals surface area contributed by atoms with Crippen LogP contribution in [0.15, 0.2) is 79.0 Å². The highest BCUT2D eigenvalue weighted by atomic mass is 19.4. The van der Waals surface area contributed by atoms with Crippen molar-refractivity contribution in [2.75, 3.05) is 5.32 Å². The maximum absolute atomic E-state index is 13.4. The number of para-hydroxylation sites is 1. The Kier molecular flexibility index (Phi) is 5.11. The molecule has 0 aliphatic rings. The minimum absolute atomic E-state index is 0.165. The van der Waals surface area contributed by atoms with Gasteiger partial charge >= 0.3 is 6.18 Å². The van der Waals surface area contributed by atoms with Crippen LogP contribution < -0.4 is 5.32 Å². The zero-order chi connectivity index (χ0) is 21.1. The second-order valence-corrected chi connectivity index (χ2v) is 6.78. The van der Waals surface area contributed by atoms with E-state index >= 15 is 0 Å². The molecule has 0 spiro atoms. The van der Waals surface area contributed by atoms with E-state index < -0.39 is 11.7 Å². The van der Waals surface area contributed by atoms with Crippen molar-refractivity contribution in [1.29, 1.82) is 5.26 Å². The van der Waals surface area contributed by atoms with E-state index in [1.165, 1.54) is 12.3 Å². The maximum atomic E-state index is 13.4. The van der Waals surface area contributed by atoms with Gasteiger partial charge in [0.25, 0.3) is 0 Å². The number of halogens is 3. The first-order chi connectivity index (χ1) is 14.5. The molecule has 0 bridgehead atoms. The van der Waals surface area contributed by atoms with Crippen LogP contribution in [0.25, 0.3) is 22.0 Å². The van der Waals surface area contributed by atoms with Gasteiger partial charge in [0, 0.05) is 29.4 Å². The van der Waals surface area contributed by atoms with Gasteiger partial charge in [-0.2, -0.15) is 18.4 Å². The number of pyridine rings is 1. The molecule has 0 fully saturated rings. The van der Waals surface area contributed by atoms with Crippen LogP contribution in [-0.2, 0) is 12.7 Å². The zero-order valence-electron chi connectivity index (χ0n) is 15.7. The molecule has 3 nitrogen and oxygen atoms in total. The minimum atomic E-state index is -4.53. The molecule has 148 valence electrons. The van der Waals surface area contributed by atoms with E-state index in [9.17, 15) is 18.4 Å². The standard InChI is InChI=1S/C24H16F3N3/c25-24(26,27)21-11-5-10-20-22(18(13-28)15-30-23(20)21)17-8-4-9-19(12-17)29-14-16-6-2-1-3-7-16/h1-12,15,29H,14H2. The van der Waals surface area contributed by atoms with Gasteiger partial charge in [0.2, 0.25) is 0 Å². The van der Waals surface area contributed by atoms with Crippen molar-refractivity contribution in [3.63, 3.8) is 0 Å². The third kappa shape index (κ3) is 3.83. The fourth-order valence-electron chi connectivity index (χ4n) is 3.43. The lowest BCUT2D eigenvalue weighted by molar-refractivity contribution is -0.136. The topological polar surface area (TPSA) is 48.7 Å². The first-order valence-electron chi connectivity index (χ1n) is 9.24. The van der Waals surface area contributed by atoms with Gasteiger partial charge in [-0.3, -0.25) is 4.98 Å². The van der Waals surface area contributed by atoms with Gasteiger partial charge in [-0.05, 0) is 29.3 Å². The molecule has 1 N–H and O–H groups in total. The number of alkyl halides is 3. The van der Waals surface area contributed by atoms with Crippen LogP contribution in [0.1, 0.15) is 16.7 Å². The minimum Gasteiger partial charge on any atom is -0.381 e. The van der Waals surface area contributed by atoms with E-state index in [4.69, 9.17) is 0 Å². The number of benzene rings is 3. The summed E-state index contributed by atoms with van der Waals surface area (Å²) in [5.41, 5.74) is 2.24. The third-order valence-corrected chi connectivity index (χ3v) is 4.81. The highest BCUT2D eigenvalue weighted by Gasteiger charge is 2.33. The van der Waals surface area contributed by atoms with Crippen LogP contribution in [0.3, 0.4) is 0 Å². The van der Waals surface area contributed by atoms with Crippen LogP contribution in [0.4, 0.5) is 18.9 Å². The number of fused-ring (bicyclic) bond motifs is 1. The van der Waals surface area contributed by atoms with Crippen LogP contribution >= 0.6 is 0 Å². The van der Waals surface area contributed by atoms with Gasteiger partial charge in [-0.25, -0.2) is 0 Å². The number of rotatable bonds is 4. The fraction of sp³-hybridized carbons (Fsp3) is 0.0833. The fourth-order valence-corrected chi connectivity index (χ4v) is 3.43. The molecule has 6 heteroatoms. The highest BCUT2D eigenvalue weighted by molar-refractivity contribution is 5.99. The van der Waals surface area contributed by atoms with Gasteiger partial charge in [0.1, 0.15) is 6.07 Å². The predicted octanol–water partition coefficient (Wildman–Crippen LogP) is 6.40. The molecule has 0 atom stereocenters. The summed E-state index contributed by atoms with van der Waals surface area (Å²) in [6.07, 6.45) is -3.33. The second kappa shape index (κ2) is 7.88. The van der Waals surface area contributed by atoms with Gasteiger partial charge in [0.15, 0.2) is 0 Å². The summed E-state index contributed by atoms with van der Waals surface area (Å²) >= 11 is 0. The largest absolute Gasteiger partial charge is 0.418 e. The van der Waals surface area contributed by atoms with Crippen molar-refractivity contribution in [3.05, 3.63) is 95.7 Å². The van der Waals surface area contributed by atoms with E-state index in [-0.39, 0.29) is 11.1 Å². The molecule has 1 heterocycles. The summed E-state index contributed by atoms with van der Waals surface area (Å²) in [6, 6.07) is 23.1. The lowest BCUT2D eigenvalue weighted by atomic mass is 9.95. The molecule has 0 unspecified atom stereocenters. The molecule has 0 radical (unpaired) electrons. The molecule has 0 saturated carbocycles. The third-order valence-electron chi connectivity index (χ3n) is 4.81. The number of nitrogens with zero attached hydrogens (tertiary/aromatic N) is 2. The smallest absolute Gasteiger partial charge is 0.381 e. The van der Waals surface area contributed by atoms with E-state index in [1.54, 1.807) is 12.1 Å². The summed E-state index contributed by atoms with van der Waals surface area (Å²) < 4.78 is 40.3. The molecule has 0 aliphatic carbocycles. The normalized spacial score (nSPS) is 11.3. The molecule has 0 amide bonds. The molecule has 4 rings (SSSR count). The molecule has 0 aliphatic heterocycles. The summed E-state index contributed by atoms with van der Waals surface area (Å²) in [7, 11) is 0. The van der Waals surface area contributed by atoms with Crippen molar-refractivity contribution in [1.82, 2.24) is 4.98 Å². The number of anilines is 1. The lowest BCUT2D eigenvalue weighted by Crippen LogP contribution is -2.07. The SMILES string of the molecule is N#Cc1cnc2c(C(F)(F)F)cccc2c1-c1cccc(NCc2ccccc2)c1. The van der Waals surface area contributed by atoms with Gasteiger partial charge < -0.3 is 5.32 Å². The first-order valence-corrected chi connectivity index (χ1v) is 9.24. The molecule has 30 heavy (non-hydrogen) atoms. The Morgan fingerprint density at radius 1 is 0.933 bits per heavy atom. The van der Waals surface area contributed by atoms with Crippen LogP contribution in [0, 0.1) is 11.3 Å². The van der Waals surface area contributed by atoms with Gasteiger partial charge in [0.05, 0.1) is 16.6 Å². The maximum Gasteiger partial charge on any atom is 0.418 e. The Labute approximate surface area is 171 Å². The average molecular weight is 403 g/mol. The number of hydrogen-bond acceptors (Lipinski definition) is 3. The second-order valence-electron chi connectivity index (χ2n) is 6.78. The molecule has 3 aromatic carbocycles. The Hall–Kier alpha value is -3.85. The van der Waals surface area contributed by atoms with Gasteiger partial charge in [-0.1, -0.05) is 54.6 Å². The number of hydrogen-bond donors (Lipinski definition) is 1. The van der Waals surface area contributed by atoms with Crippen molar-refractivity contribution >= 4 is 16.6 Å². The Balaban J connectivity index is 1.80. The van der Waals surface area contributed by atoms with Crippen molar-refractivity contribution in [2.45, 2.75) is 12.7 Å². The molecular formula is C24H16F3N3. The molecular weight excluding hydrogens is 387 g/mol. The predicted molar refractivity (Wildman–Crippen MR) is 111 cm³/mol. The monoisotopic (exact) mass is 403 g/mol. The van der Waals surface area contributed by atoms with E-state index in [1.807, 2.05) is 48.5 Å². The van der Waals surface area contributed by atoms with Crippen LogP contribution in [-0.4, -0.2) is 4.98 Å². The Morgan fingerprint density at radius 3 is 2.43 bits per heavy atom.